The van der Waals surface area contributed by atoms with Gasteiger partial charge in [0.25, 0.3) is 0 Å². The number of furan rings is 1. The van der Waals surface area contributed by atoms with E-state index in [9.17, 15) is 18.3 Å². The van der Waals surface area contributed by atoms with Gasteiger partial charge in [-0.2, -0.15) is 13.2 Å². The predicted molar refractivity (Wildman–Crippen MR) is 71.5 cm³/mol. The van der Waals surface area contributed by atoms with Gasteiger partial charge in [0.1, 0.15) is 5.76 Å². The Hall–Kier alpha value is -1.79. The van der Waals surface area contributed by atoms with E-state index in [1.54, 1.807) is 12.1 Å². The molecule has 2 rings (SSSR count). The van der Waals surface area contributed by atoms with Crippen LogP contribution in [0.4, 0.5) is 13.2 Å². The average molecular weight is 299 g/mol. The van der Waals surface area contributed by atoms with E-state index in [-0.39, 0.29) is 12.6 Å². The first-order chi connectivity index (χ1) is 9.91. The fourth-order valence-corrected chi connectivity index (χ4v) is 2.07. The quantitative estimate of drug-likeness (QED) is 0.885. The lowest BCUT2D eigenvalue weighted by molar-refractivity contribution is -0.137. The van der Waals surface area contributed by atoms with Crippen LogP contribution in [-0.4, -0.2) is 11.7 Å². The summed E-state index contributed by atoms with van der Waals surface area (Å²) in [6.07, 6.45) is -2.83. The minimum atomic E-state index is -4.34. The van der Waals surface area contributed by atoms with Crippen molar-refractivity contribution in [3.63, 3.8) is 0 Å². The molecular weight excluding hydrogens is 283 g/mol. The Morgan fingerprint density at radius 2 is 1.86 bits per heavy atom. The largest absolute Gasteiger partial charge is 0.468 e. The van der Waals surface area contributed by atoms with Crippen molar-refractivity contribution >= 4 is 0 Å². The number of benzene rings is 1. The summed E-state index contributed by atoms with van der Waals surface area (Å²) in [5, 5.41) is 12.5. The van der Waals surface area contributed by atoms with Crippen molar-refractivity contribution in [2.75, 3.05) is 6.61 Å². The van der Waals surface area contributed by atoms with E-state index in [1.807, 2.05) is 6.92 Å². The summed E-state index contributed by atoms with van der Waals surface area (Å²) in [5.74, 6) is 0.580. The molecule has 0 saturated heterocycles. The molecule has 0 saturated carbocycles. The molecule has 6 heteroatoms. The maximum atomic E-state index is 12.5. The molecule has 0 aliphatic rings. The van der Waals surface area contributed by atoms with E-state index in [0.29, 0.717) is 11.3 Å². The second-order valence-corrected chi connectivity index (χ2v) is 4.76. The van der Waals surface area contributed by atoms with Crippen molar-refractivity contribution in [1.82, 2.24) is 5.32 Å². The summed E-state index contributed by atoms with van der Waals surface area (Å²) in [4.78, 5) is 0. The Bertz CT molecular complexity index is 549. The minimum absolute atomic E-state index is 0.168. The third kappa shape index (κ3) is 3.86. The van der Waals surface area contributed by atoms with Gasteiger partial charge in [-0.05, 0) is 36.8 Å². The monoisotopic (exact) mass is 299 g/mol. The Balaban J connectivity index is 2.07. The van der Waals surface area contributed by atoms with Crippen LogP contribution in [0.15, 0.2) is 47.1 Å². The highest BCUT2D eigenvalue weighted by atomic mass is 19.4. The van der Waals surface area contributed by atoms with Crippen molar-refractivity contribution in [3.05, 3.63) is 59.5 Å². The van der Waals surface area contributed by atoms with Gasteiger partial charge in [0.2, 0.25) is 0 Å². The van der Waals surface area contributed by atoms with Crippen LogP contribution in [-0.2, 0) is 6.18 Å². The third-order valence-electron chi connectivity index (χ3n) is 3.26. The molecule has 0 aliphatic heterocycles. The summed E-state index contributed by atoms with van der Waals surface area (Å²) in [5.41, 5.74) is 0.0243. The van der Waals surface area contributed by atoms with E-state index in [1.165, 1.54) is 18.4 Å². The van der Waals surface area contributed by atoms with Crippen molar-refractivity contribution in [2.24, 2.45) is 0 Å². The zero-order valence-electron chi connectivity index (χ0n) is 11.4. The van der Waals surface area contributed by atoms with E-state index in [4.69, 9.17) is 4.42 Å². The van der Waals surface area contributed by atoms with Gasteiger partial charge in [-0.25, -0.2) is 0 Å². The number of hydrogen-bond donors (Lipinski definition) is 2. The summed E-state index contributed by atoms with van der Waals surface area (Å²) in [6.45, 7) is 1.65. The van der Waals surface area contributed by atoms with Crippen LogP contribution < -0.4 is 5.32 Å². The van der Waals surface area contributed by atoms with Gasteiger partial charge in [0, 0.05) is 6.04 Å². The van der Waals surface area contributed by atoms with Gasteiger partial charge in [-0.3, -0.25) is 5.32 Å². The van der Waals surface area contributed by atoms with E-state index in [2.05, 4.69) is 5.32 Å². The van der Waals surface area contributed by atoms with E-state index < -0.39 is 17.8 Å². The van der Waals surface area contributed by atoms with Crippen LogP contribution >= 0.6 is 0 Å². The lowest BCUT2D eigenvalue weighted by Gasteiger charge is -2.21. The first-order valence-electron chi connectivity index (χ1n) is 6.49. The van der Waals surface area contributed by atoms with Crippen LogP contribution in [0.25, 0.3) is 0 Å². The second-order valence-electron chi connectivity index (χ2n) is 4.76. The predicted octanol–water partition coefficient (Wildman–Crippen LogP) is 3.68. The number of aliphatic hydroxyl groups excluding tert-OH is 1. The molecule has 1 heterocycles. The SMILES string of the molecule is CC(NC(CO)c1ccco1)c1ccc(C(F)(F)F)cc1. The molecule has 2 unspecified atom stereocenters. The average Bonchev–Trinajstić information content (AvgIpc) is 2.97. The molecule has 2 aromatic rings. The van der Waals surface area contributed by atoms with Crippen LogP contribution in [0.5, 0.6) is 0 Å². The second kappa shape index (κ2) is 6.32. The molecule has 3 nitrogen and oxygen atoms in total. The molecular formula is C15H16F3NO2. The summed E-state index contributed by atoms with van der Waals surface area (Å²) in [7, 11) is 0. The van der Waals surface area contributed by atoms with Crippen molar-refractivity contribution in [3.8, 4) is 0 Å². The fourth-order valence-electron chi connectivity index (χ4n) is 2.07. The standard InChI is InChI=1S/C15H16F3NO2/c1-10(19-13(9-20)14-3-2-8-21-14)11-4-6-12(7-5-11)15(16,17)18/h2-8,10,13,19-20H,9H2,1H3. The Morgan fingerprint density at radius 1 is 1.19 bits per heavy atom. The molecule has 21 heavy (non-hydrogen) atoms. The zero-order chi connectivity index (χ0) is 15.5. The molecule has 0 spiro atoms. The Morgan fingerprint density at radius 3 is 2.33 bits per heavy atom. The summed E-state index contributed by atoms with van der Waals surface area (Å²) >= 11 is 0. The van der Waals surface area contributed by atoms with Crippen molar-refractivity contribution in [1.29, 1.82) is 0 Å². The van der Waals surface area contributed by atoms with Gasteiger partial charge in [-0.15, -0.1) is 0 Å². The molecule has 2 atom stereocenters. The number of nitrogens with one attached hydrogen (secondary N) is 1. The third-order valence-corrected chi connectivity index (χ3v) is 3.26. The zero-order valence-corrected chi connectivity index (χ0v) is 11.4. The molecule has 114 valence electrons. The van der Waals surface area contributed by atoms with Crippen LogP contribution in [0, 0.1) is 0 Å². The van der Waals surface area contributed by atoms with Gasteiger partial charge < -0.3 is 9.52 Å². The van der Waals surface area contributed by atoms with Crippen LogP contribution in [0.1, 0.15) is 35.9 Å². The minimum Gasteiger partial charge on any atom is -0.468 e. The maximum absolute atomic E-state index is 12.5. The molecule has 0 radical (unpaired) electrons. The molecule has 0 bridgehead atoms. The Kier molecular flexibility index (Phi) is 4.69. The molecule has 2 N–H and O–H groups in total. The molecule has 0 aliphatic carbocycles. The van der Waals surface area contributed by atoms with Gasteiger partial charge >= 0.3 is 6.18 Å². The highest BCUT2D eigenvalue weighted by Crippen LogP contribution is 2.30. The van der Waals surface area contributed by atoms with Gasteiger partial charge in [0.05, 0.1) is 24.5 Å². The van der Waals surface area contributed by atoms with Crippen molar-refractivity contribution in [2.45, 2.75) is 25.2 Å². The molecule has 1 aromatic carbocycles. The normalized spacial score (nSPS) is 14.9. The highest BCUT2D eigenvalue weighted by Gasteiger charge is 2.30. The number of alkyl halides is 3. The maximum Gasteiger partial charge on any atom is 0.416 e. The molecule has 0 fully saturated rings. The number of aliphatic hydroxyl groups is 1. The summed E-state index contributed by atoms with van der Waals surface area (Å²) in [6, 6.07) is 7.76. The van der Waals surface area contributed by atoms with Gasteiger partial charge in [0.15, 0.2) is 0 Å². The number of halogens is 3. The van der Waals surface area contributed by atoms with E-state index in [0.717, 1.165) is 12.1 Å². The first kappa shape index (κ1) is 15.6. The topological polar surface area (TPSA) is 45.4 Å². The van der Waals surface area contributed by atoms with Crippen molar-refractivity contribution < 1.29 is 22.7 Å². The van der Waals surface area contributed by atoms with Crippen LogP contribution in [0.2, 0.25) is 0 Å². The lowest BCUT2D eigenvalue weighted by Crippen LogP contribution is -2.27. The fraction of sp³-hybridized carbons (Fsp3) is 0.333. The highest BCUT2D eigenvalue weighted by molar-refractivity contribution is 5.26. The smallest absolute Gasteiger partial charge is 0.416 e. The Labute approximate surface area is 120 Å². The van der Waals surface area contributed by atoms with Crippen LogP contribution in [0.3, 0.4) is 0 Å². The summed E-state index contributed by atoms with van der Waals surface area (Å²) < 4.78 is 42.7. The first-order valence-corrected chi connectivity index (χ1v) is 6.49. The number of rotatable bonds is 5. The lowest BCUT2D eigenvalue weighted by atomic mass is 10.0. The molecule has 1 aromatic heterocycles. The molecule has 0 amide bonds. The van der Waals surface area contributed by atoms with E-state index >= 15 is 0 Å². The van der Waals surface area contributed by atoms with Gasteiger partial charge in [-0.1, -0.05) is 12.1 Å². The number of hydrogen-bond acceptors (Lipinski definition) is 3.